The molecule has 40 heavy (non-hydrogen) atoms. The molecule has 3 aromatic carbocycles. The van der Waals surface area contributed by atoms with E-state index in [9.17, 15) is 9.59 Å². The van der Waals surface area contributed by atoms with Gasteiger partial charge in [0, 0.05) is 17.7 Å². The fourth-order valence-corrected chi connectivity index (χ4v) is 4.99. The first-order chi connectivity index (χ1) is 19.5. The molecule has 2 N–H and O–H groups in total. The molecule has 5 aromatic rings. The van der Waals surface area contributed by atoms with E-state index < -0.39 is 6.04 Å². The molecule has 0 aliphatic heterocycles. The minimum atomic E-state index is -0.494. The van der Waals surface area contributed by atoms with E-state index in [-0.39, 0.29) is 23.7 Å². The van der Waals surface area contributed by atoms with E-state index in [0.29, 0.717) is 48.4 Å². The van der Waals surface area contributed by atoms with Crippen LogP contribution in [0.25, 0.3) is 22.4 Å². The number of hydrogen-bond donors (Lipinski definition) is 1. The molecule has 0 aliphatic carbocycles. The van der Waals surface area contributed by atoms with Crippen LogP contribution in [-0.4, -0.2) is 38.6 Å². The Morgan fingerprint density at radius 3 is 2.33 bits per heavy atom. The summed E-state index contributed by atoms with van der Waals surface area (Å²) >= 11 is 0. The second-order valence-corrected chi connectivity index (χ2v) is 9.86. The zero-order valence-electron chi connectivity index (χ0n) is 22.8. The van der Waals surface area contributed by atoms with Crippen LogP contribution in [-0.2, 0) is 6.54 Å². The van der Waals surface area contributed by atoms with Gasteiger partial charge in [0.15, 0.2) is 0 Å². The maximum Gasteiger partial charge on any atom is 0.267 e. The van der Waals surface area contributed by atoms with Crippen molar-refractivity contribution in [3.63, 3.8) is 0 Å². The normalized spacial score (nSPS) is 12.0. The van der Waals surface area contributed by atoms with Gasteiger partial charge in [-0.05, 0) is 44.0 Å². The van der Waals surface area contributed by atoms with E-state index in [1.54, 1.807) is 9.47 Å². The molecule has 8 heteroatoms. The van der Waals surface area contributed by atoms with Gasteiger partial charge >= 0.3 is 0 Å². The van der Waals surface area contributed by atoms with E-state index in [4.69, 9.17) is 15.2 Å². The van der Waals surface area contributed by atoms with Crippen molar-refractivity contribution in [3.05, 3.63) is 118 Å². The third kappa shape index (κ3) is 5.44. The molecule has 0 saturated carbocycles. The Balaban J connectivity index is 1.69. The molecule has 0 spiro atoms. The Labute approximate surface area is 233 Å². The van der Waals surface area contributed by atoms with Crippen molar-refractivity contribution in [2.45, 2.75) is 39.3 Å². The highest BCUT2D eigenvalue weighted by Crippen LogP contribution is 2.29. The summed E-state index contributed by atoms with van der Waals surface area (Å²) in [7, 11) is 0. The van der Waals surface area contributed by atoms with Gasteiger partial charge in [-0.3, -0.25) is 14.2 Å². The van der Waals surface area contributed by atoms with Gasteiger partial charge in [0.1, 0.15) is 16.9 Å². The van der Waals surface area contributed by atoms with Crippen molar-refractivity contribution in [1.82, 2.24) is 19.6 Å². The van der Waals surface area contributed by atoms with E-state index in [0.717, 1.165) is 16.7 Å². The smallest absolute Gasteiger partial charge is 0.267 e. The van der Waals surface area contributed by atoms with Crippen molar-refractivity contribution < 1.29 is 9.32 Å². The van der Waals surface area contributed by atoms with Crippen LogP contribution >= 0.6 is 0 Å². The number of benzene rings is 3. The standard InChI is InChI=1S/C32H33N5O3/c1-3-26(36(20-10-19-33)31(38)25-17-15-22(2)16-18-25)29-34-30-27(28(35-40-30)24-13-8-5-9-14-24)32(39)37(29)21-23-11-6-4-7-12-23/h4-9,11-18,26H,3,10,19-21,33H2,1-2H3. The van der Waals surface area contributed by atoms with Gasteiger partial charge in [0.05, 0.1) is 12.6 Å². The molecule has 2 heterocycles. The topological polar surface area (TPSA) is 107 Å². The lowest BCUT2D eigenvalue weighted by atomic mass is 10.1. The Bertz CT molecular complexity index is 1640. The lowest BCUT2D eigenvalue weighted by Gasteiger charge is -2.32. The molecule has 0 radical (unpaired) electrons. The molecule has 0 bridgehead atoms. The first kappa shape index (κ1) is 27.0. The highest BCUT2D eigenvalue weighted by atomic mass is 16.5. The van der Waals surface area contributed by atoms with Crippen LogP contribution in [0.5, 0.6) is 0 Å². The summed E-state index contributed by atoms with van der Waals surface area (Å²) in [6.45, 7) is 5.11. The molecule has 204 valence electrons. The lowest BCUT2D eigenvalue weighted by molar-refractivity contribution is 0.0655. The third-order valence-electron chi connectivity index (χ3n) is 7.08. The Morgan fingerprint density at radius 2 is 1.68 bits per heavy atom. The van der Waals surface area contributed by atoms with Crippen molar-refractivity contribution in [2.75, 3.05) is 13.1 Å². The first-order valence-corrected chi connectivity index (χ1v) is 13.6. The Kier molecular flexibility index (Phi) is 8.17. The SMILES string of the molecule is CCC(c1nc2onc(-c3ccccc3)c2c(=O)n1Cc1ccccc1)N(CCCN)C(=O)c1ccc(C)cc1. The van der Waals surface area contributed by atoms with Crippen LogP contribution in [0, 0.1) is 6.92 Å². The second-order valence-electron chi connectivity index (χ2n) is 9.86. The summed E-state index contributed by atoms with van der Waals surface area (Å²) in [4.78, 5) is 34.8. The summed E-state index contributed by atoms with van der Waals surface area (Å²) in [6.07, 6.45) is 1.15. The molecule has 8 nitrogen and oxygen atoms in total. The minimum Gasteiger partial charge on any atom is -0.335 e. The Morgan fingerprint density at radius 1 is 1.00 bits per heavy atom. The number of rotatable bonds is 10. The summed E-state index contributed by atoms with van der Waals surface area (Å²) in [5.41, 5.74) is 9.57. The molecule has 1 unspecified atom stereocenters. The van der Waals surface area contributed by atoms with E-state index in [2.05, 4.69) is 5.16 Å². The molecule has 1 atom stereocenters. The molecule has 0 saturated heterocycles. The van der Waals surface area contributed by atoms with Crippen LogP contribution in [0.4, 0.5) is 0 Å². The largest absolute Gasteiger partial charge is 0.335 e. The van der Waals surface area contributed by atoms with Crippen molar-refractivity contribution >= 4 is 17.0 Å². The Hall–Kier alpha value is -4.56. The van der Waals surface area contributed by atoms with Gasteiger partial charge in [-0.15, -0.1) is 0 Å². The highest BCUT2D eigenvalue weighted by Gasteiger charge is 2.30. The zero-order valence-corrected chi connectivity index (χ0v) is 22.8. The van der Waals surface area contributed by atoms with Crippen LogP contribution in [0.15, 0.2) is 94.2 Å². The van der Waals surface area contributed by atoms with Crippen LogP contribution in [0.2, 0.25) is 0 Å². The van der Waals surface area contributed by atoms with Crippen LogP contribution in [0.1, 0.15) is 53.1 Å². The average Bonchev–Trinajstić information content (AvgIpc) is 3.42. The van der Waals surface area contributed by atoms with Gasteiger partial charge in [-0.2, -0.15) is 4.98 Å². The molecular weight excluding hydrogens is 502 g/mol. The first-order valence-electron chi connectivity index (χ1n) is 13.6. The van der Waals surface area contributed by atoms with Crippen molar-refractivity contribution in [3.8, 4) is 11.3 Å². The maximum absolute atomic E-state index is 14.2. The second kappa shape index (κ2) is 12.1. The van der Waals surface area contributed by atoms with Crippen LogP contribution < -0.4 is 11.3 Å². The molecule has 0 aliphatic rings. The average molecular weight is 536 g/mol. The number of aromatic nitrogens is 3. The van der Waals surface area contributed by atoms with Crippen LogP contribution in [0.3, 0.4) is 0 Å². The third-order valence-corrected chi connectivity index (χ3v) is 7.08. The predicted molar refractivity (Wildman–Crippen MR) is 156 cm³/mol. The zero-order chi connectivity index (χ0) is 28.1. The van der Waals surface area contributed by atoms with Gasteiger partial charge in [0.2, 0.25) is 0 Å². The molecular formula is C32H33N5O3. The predicted octanol–water partition coefficient (Wildman–Crippen LogP) is 5.35. The number of aryl methyl sites for hydroxylation is 1. The lowest BCUT2D eigenvalue weighted by Crippen LogP contribution is -2.40. The van der Waals surface area contributed by atoms with Gasteiger partial charge < -0.3 is 15.2 Å². The fourth-order valence-electron chi connectivity index (χ4n) is 4.99. The molecule has 0 fully saturated rings. The maximum atomic E-state index is 14.2. The number of nitrogens with zero attached hydrogens (tertiary/aromatic N) is 4. The monoisotopic (exact) mass is 535 g/mol. The summed E-state index contributed by atoms with van der Waals surface area (Å²) < 4.78 is 7.31. The molecule has 5 rings (SSSR count). The van der Waals surface area contributed by atoms with Crippen molar-refractivity contribution in [1.29, 1.82) is 0 Å². The fraction of sp³-hybridized carbons (Fsp3) is 0.250. The summed E-state index contributed by atoms with van der Waals surface area (Å²) in [5, 5.41) is 4.56. The molecule has 1 amide bonds. The number of fused-ring (bicyclic) bond motifs is 1. The number of hydrogen-bond acceptors (Lipinski definition) is 6. The van der Waals surface area contributed by atoms with E-state index >= 15 is 0 Å². The highest BCUT2D eigenvalue weighted by molar-refractivity contribution is 5.94. The van der Waals surface area contributed by atoms with Gasteiger partial charge in [-0.25, -0.2) is 0 Å². The van der Waals surface area contributed by atoms with Gasteiger partial charge in [0.25, 0.3) is 17.2 Å². The van der Waals surface area contributed by atoms with Crippen molar-refractivity contribution in [2.24, 2.45) is 5.73 Å². The number of carbonyl (C=O) groups is 1. The number of nitrogens with two attached hydrogens (primary N) is 1. The van der Waals surface area contributed by atoms with E-state index in [1.165, 1.54) is 0 Å². The quantitative estimate of drug-likeness (QED) is 0.258. The van der Waals surface area contributed by atoms with Gasteiger partial charge in [-0.1, -0.05) is 90.4 Å². The number of carbonyl (C=O) groups excluding carboxylic acids is 1. The molecule has 2 aromatic heterocycles. The number of amides is 1. The van der Waals surface area contributed by atoms with E-state index in [1.807, 2.05) is 98.8 Å². The minimum absolute atomic E-state index is 0.136. The summed E-state index contributed by atoms with van der Waals surface area (Å²) in [6, 6.07) is 26.2. The summed E-state index contributed by atoms with van der Waals surface area (Å²) in [5.74, 6) is 0.320.